The van der Waals surface area contributed by atoms with Gasteiger partial charge in [-0.25, -0.2) is 0 Å². The Morgan fingerprint density at radius 3 is 2.56 bits per heavy atom. The highest BCUT2D eigenvalue weighted by molar-refractivity contribution is 4.39. The van der Waals surface area contributed by atoms with Crippen molar-refractivity contribution in [1.29, 1.82) is 0 Å². The summed E-state index contributed by atoms with van der Waals surface area (Å²) < 4.78 is 16.5. The van der Waals surface area contributed by atoms with E-state index in [4.69, 9.17) is 4.74 Å². The maximum Gasteiger partial charge on any atom is 0.0916 e. The summed E-state index contributed by atoms with van der Waals surface area (Å²) in [6.45, 7) is 5.21. The zero-order chi connectivity index (χ0) is 7.11. The van der Waals surface area contributed by atoms with Crippen LogP contribution in [-0.2, 0) is 4.74 Å². The summed E-state index contributed by atoms with van der Waals surface area (Å²) in [6, 6.07) is 0. The fourth-order valence-corrected chi connectivity index (χ4v) is 0.476. The summed E-state index contributed by atoms with van der Waals surface area (Å²) >= 11 is 0. The maximum atomic E-state index is 11.4. The van der Waals surface area contributed by atoms with Crippen LogP contribution in [0.5, 0.6) is 0 Å². The van der Waals surface area contributed by atoms with Gasteiger partial charge in [0.15, 0.2) is 0 Å². The molecule has 0 fully saturated rings. The van der Waals surface area contributed by atoms with Crippen molar-refractivity contribution >= 4 is 0 Å². The van der Waals surface area contributed by atoms with Gasteiger partial charge in [0.05, 0.1) is 6.67 Å². The predicted octanol–water partition coefficient (Wildman–Crippen LogP) is 2.02. The van der Waals surface area contributed by atoms with E-state index in [0.29, 0.717) is 18.9 Å². The van der Waals surface area contributed by atoms with Crippen LogP contribution < -0.4 is 0 Å². The molecule has 0 saturated carbocycles. The maximum absolute atomic E-state index is 11.4. The first-order valence-electron chi connectivity index (χ1n) is 3.41. The van der Waals surface area contributed by atoms with Crippen LogP contribution in [0.4, 0.5) is 4.39 Å². The van der Waals surface area contributed by atoms with E-state index in [0.717, 1.165) is 6.61 Å². The third-order valence-electron chi connectivity index (χ3n) is 0.873. The van der Waals surface area contributed by atoms with Crippen molar-refractivity contribution in [3.63, 3.8) is 0 Å². The Morgan fingerprint density at radius 1 is 1.44 bits per heavy atom. The molecule has 0 aromatic heterocycles. The van der Waals surface area contributed by atoms with Crippen LogP contribution in [0.1, 0.15) is 20.3 Å². The summed E-state index contributed by atoms with van der Waals surface area (Å²) in [5.74, 6) is 0.560. The molecule has 0 aromatic rings. The van der Waals surface area contributed by atoms with E-state index in [1.54, 1.807) is 0 Å². The predicted molar refractivity (Wildman–Crippen MR) is 36.2 cm³/mol. The van der Waals surface area contributed by atoms with E-state index < -0.39 is 0 Å². The quantitative estimate of drug-likeness (QED) is 0.523. The van der Waals surface area contributed by atoms with E-state index >= 15 is 0 Å². The average Bonchev–Trinajstić information content (AvgIpc) is 1.80. The van der Waals surface area contributed by atoms with Gasteiger partial charge >= 0.3 is 0 Å². The van der Waals surface area contributed by atoms with Crippen LogP contribution in [0.3, 0.4) is 0 Å². The minimum absolute atomic E-state index is 0.266. The summed E-state index contributed by atoms with van der Waals surface area (Å²) in [5.41, 5.74) is 0. The normalized spacial score (nSPS) is 10.7. The molecule has 0 N–H and O–H groups in total. The number of ether oxygens (including phenoxy) is 1. The molecule has 0 amide bonds. The van der Waals surface area contributed by atoms with Crippen LogP contribution in [0.15, 0.2) is 0 Å². The molecule has 9 heavy (non-hydrogen) atoms. The van der Waals surface area contributed by atoms with Crippen LogP contribution >= 0.6 is 0 Å². The monoisotopic (exact) mass is 134 g/mol. The van der Waals surface area contributed by atoms with Crippen molar-refractivity contribution in [2.45, 2.75) is 20.3 Å². The van der Waals surface area contributed by atoms with Gasteiger partial charge in [0.2, 0.25) is 0 Å². The van der Waals surface area contributed by atoms with Crippen LogP contribution in [0.2, 0.25) is 0 Å². The van der Waals surface area contributed by atoms with Gasteiger partial charge in [0.25, 0.3) is 0 Å². The molecule has 0 heterocycles. The smallest absolute Gasteiger partial charge is 0.0916 e. The van der Waals surface area contributed by atoms with Crippen molar-refractivity contribution in [2.75, 3.05) is 19.9 Å². The Hall–Kier alpha value is -0.110. The van der Waals surface area contributed by atoms with E-state index in [2.05, 4.69) is 13.8 Å². The summed E-state index contributed by atoms with van der Waals surface area (Å²) in [7, 11) is 0. The molecule has 0 saturated heterocycles. The molecular formula is C7H15FO. The van der Waals surface area contributed by atoms with Gasteiger partial charge in [-0.3, -0.25) is 4.39 Å². The zero-order valence-corrected chi connectivity index (χ0v) is 6.19. The second-order valence-corrected chi connectivity index (χ2v) is 2.51. The molecular weight excluding hydrogens is 119 g/mol. The van der Waals surface area contributed by atoms with Crippen molar-refractivity contribution in [3.8, 4) is 0 Å². The lowest BCUT2D eigenvalue weighted by atomic mass is 10.2. The van der Waals surface area contributed by atoms with Gasteiger partial charge in [-0.15, -0.1) is 0 Å². The molecule has 1 nitrogen and oxygen atoms in total. The fraction of sp³-hybridized carbons (Fsp3) is 1.00. The third-order valence-corrected chi connectivity index (χ3v) is 0.873. The van der Waals surface area contributed by atoms with Gasteiger partial charge in [0.1, 0.15) is 0 Å². The lowest BCUT2D eigenvalue weighted by Crippen LogP contribution is -2.03. The molecule has 56 valence electrons. The van der Waals surface area contributed by atoms with Gasteiger partial charge in [-0.1, -0.05) is 13.8 Å². The Labute approximate surface area is 56.2 Å². The summed E-state index contributed by atoms with van der Waals surface area (Å²) in [5, 5.41) is 0. The van der Waals surface area contributed by atoms with E-state index in [9.17, 15) is 4.39 Å². The largest absolute Gasteiger partial charge is 0.381 e. The molecule has 2 heteroatoms. The van der Waals surface area contributed by atoms with E-state index in [-0.39, 0.29) is 6.67 Å². The van der Waals surface area contributed by atoms with Crippen molar-refractivity contribution in [1.82, 2.24) is 0 Å². The lowest BCUT2D eigenvalue weighted by molar-refractivity contribution is 0.104. The number of rotatable bonds is 5. The Kier molecular flexibility index (Phi) is 5.94. The first-order valence-corrected chi connectivity index (χ1v) is 3.41. The first-order chi connectivity index (χ1) is 4.27. The second-order valence-electron chi connectivity index (χ2n) is 2.51. The number of hydrogen-bond acceptors (Lipinski definition) is 1. The Bertz CT molecular complexity index is 54.9. The molecule has 0 radical (unpaired) electrons. The molecule has 0 rings (SSSR count). The molecule has 0 bridgehead atoms. The van der Waals surface area contributed by atoms with Gasteiger partial charge in [-0.05, 0) is 12.3 Å². The average molecular weight is 134 g/mol. The molecule has 0 unspecified atom stereocenters. The van der Waals surface area contributed by atoms with Gasteiger partial charge in [0, 0.05) is 13.2 Å². The summed E-state index contributed by atoms with van der Waals surface area (Å²) in [6.07, 6.45) is 0.534. The van der Waals surface area contributed by atoms with Crippen LogP contribution in [0, 0.1) is 5.92 Å². The van der Waals surface area contributed by atoms with Crippen LogP contribution in [0.25, 0.3) is 0 Å². The first kappa shape index (κ1) is 8.89. The standard InChI is InChI=1S/C7H15FO/c1-7(2)6-9-5-3-4-8/h7H,3-6H2,1-2H3. The topological polar surface area (TPSA) is 9.23 Å². The second kappa shape index (κ2) is 6.02. The highest BCUT2D eigenvalue weighted by atomic mass is 19.1. The van der Waals surface area contributed by atoms with Gasteiger partial charge in [-0.2, -0.15) is 0 Å². The van der Waals surface area contributed by atoms with Crippen molar-refractivity contribution in [3.05, 3.63) is 0 Å². The highest BCUT2D eigenvalue weighted by Gasteiger charge is 1.91. The van der Waals surface area contributed by atoms with Gasteiger partial charge < -0.3 is 4.74 Å². The Balaban J connectivity index is 2.75. The summed E-state index contributed by atoms with van der Waals surface area (Å²) in [4.78, 5) is 0. The van der Waals surface area contributed by atoms with E-state index in [1.165, 1.54) is 0 Å². The fourth-order valence-electron chi connectivity index (χ4n) is 0.476. The molecule has 0 aliphatic carbocycles. The van der Waals surface area contributed by atoms with Crippen molar-refractivity contribution in [2.24, 2.45) is 5.92 Å². The Morgan fingerprint density at radius 2 is 2.11 bits per heavy atom. The number of alkyl halides is 1. The number of halogens is 1. The molecule has 0 atom stereocenters. The number of hydrogen-bond donors (Lipinski definition) is 0. The third kappa shape index (κ3) is 7.89. The highest BCUT2D eigenvalue weighted by Crippen LogP contribution is 1.92. The minimum atomic E-state index is -0.266. The molecule has 0 aromatic carbocycles. The molecule has 0 aliphatic heterocycles. The molecule has 0 aliphatic rings. The lowest BCUT2D eigenvalue weighted by Gasteiger charge is -2.03. The van der Waals surface area contributed by atoms with Crippen LogP contribution in [-0.4, -0.2) is 19.9 Å². The SMILES string of the molecule is CC(C)COCCCF. The minimum Gasteiger partial charge on any atom is -0.381 e. The molecule has 0 spiro atoms. The zero-order valence-electron chi connectivity index (χ0n) is 6.19. The van der Waals surface area contributed by atoms with Crippen molar-refractivity contribution < 1.29 is 9.13 Å². The van der Waals surface area contributed by atoms with E-state index in [1.807, 2.05) is 0 Å².